The molecule has 0 unspecified atom stereocenters. The number of benzene rings is 3. The van der Waals surface area contributed by atoms with Crippen molar-refractivity contribution >= 4 is 16.7 Å². The van der Waals surface area contributed by atoms with Crippen molar-refractivity contribution in [2.24, 2.45) is 0 Å². The summed E-state index contributed by atoms with van der Waals surface area (Å²) in [5.41, 5.74) is 3.49. The lowest BCUT2D eigenvalue weighted by Crippen LogP contribution is -2.10. The lowest BCUT2D eigenvalue weighted by molar-refractivity contribution is 0.304. The molecule has 0 aliphatic carbocycles. The molecule has 0 bridgehead atoms. The van der Waals surface area contributed by atoms with Crippen LogP contribution in [0.15, 0.2) is 60.7 Å². The number of nitrogens with one attached hydrogen (secondary N) is 1. The Kier molecular flexibility index (Phi) is 5.70. The number of hydrogen-bond donors (Lipinski definition) is 1. The molecule has 29 heavy (non-hydrogen) atoms. The molecule has 4 rings (SSSR count). The number of hydrogen-bond acceptors (Lipinski definition) is 5. The Morgan fingerprint density at radius 3 is 2.79 bits per heavy atom. The fraction of sp³-hybridized carbons (Fsp3) is 0.261. The van der Waals surface area contributed by atoms with Gasteiger partial charge in [-0.15, -0.1) is 0 Å². The van der Waals surface area contributed by atoms with Gasteiger partial charge in [0.05, 0.1) is 0 Å². The van der Waals surface area contributed by atoms with Gasteiger partial charge in [0.15, 0.2) is 0 Å². The normalized spacial score (nSPS) is 11.0. The topological polar surface area (TPSA) is 64.9 Å². The minimum Gasteiger partial charge on any atom is -0.489 e. The third-order valence-electron chi connectivity index (χ3n) is 4.87. The van der Waals surface area contributed by atoms with E-state index in [0.717, 1.165) is 35.2 Å². The van der Waals surface area contributed by atoms with Crippen LogP contribution in [0.25, 0.3) is 10.8 Å². The second kappa shape index (κ2) is 8.73. The number of nitrogens with zero attached hydrogens (tertiary/aromatic N) is 4. The first kappa shape index (κ1) is 18.9. The molecule has 0 saturated carbocycles. The first-order valence-electron chi connectivity index (χ1n) is 9.93. The molecule has 0 aliphatic rings. The first-order valence-corrected chi connectivity index (χ1v) is 9.93. The van der Waals surface area contributed by atoms with Crippen molar-refractivity contribution in [3.63, 3.8) is 0 Å². The van der Waals surface area contributed by atoms with Crippen LogP contribution in [0.3, 0.4) is 0 Å². The molecular formula is C23H25N5O. The van der Waals surface area contributed by atoms with Gasteiger partial charge in [-0.2, -0.15) is 0 Å². The van der Waals surface area contributed by atoms with Crippen molar-refractivity contribution in [2.45, 2.75) is 40.0 Å². The summed E-state index contributed by atoms with van der Waals surface area (Å²) >= 11 is 0. The maximum absolute atomic E-state index is 6.24. The SMILES string of the molecule is CCCn1nnnc1NCc1c(OCc2cccc(C)c2)ccc2ccccc12. The van der Waals surface area contributed by atoms with E-state index in [1.807, 2.05) is 6.07 Å². The summed E-state index contributed by atoms with van der Waals surface area (Å²) in [6.45, 7) is 6.08. The smallest absolute Gasteiger partial charge is 0.243 e. The Morgan fingerprint density at radius 2 is 1.93 bits per heavy atom. The highest BCUT2D eigenvalue weighted by Gasteiger charge is 2.12. The maximum atomic E-state index is 6.24. The standard InChI is InChI=1S/C23H25N5O/c1-3-13-28-23(25-26-27-28)24-15-21-20-10-5-4-9-19(20)11-12-22(21)29-16-18-8-6-7-17(2)14-18/h4-12,14H,3,13,15-16H2,1-2H3,(H,24,25,27). The van der Waals surface area contributed by atoms with Crippen LogP contribution in [-0.2, 0) is 19.7 Å². The van der Waals surface area contributed by atoms with Gasteiger partial charge in [0, 0.05) is 18.7 Å². The number of rotatable bonds is 8. The van der Waals surface area contributed by atoms with Gasteiger partial charge in [-0.25, -0.2) is 4.68 Å². The van der Waals surface area contributed by atoms with Crippen LogP contribution in [0.1, 0.15) is 30.0 Å². The maximum Gasteiger partial charge on any atom is 0.243 e. The van der Waals surface area contributed by atoms with Gasteiger partial charge in [0.25, 0.3) is 0 Å². The lowest BCUT2D eigenvalue weighted by Gasteiger charge is -2.15. The van der Waals surface area contributed by atoms with E-state index in [-0.39, 0.29) is 0 Å². The summed E-state index contributed by atoms with van der Waals surface area (Å²) in [5.74, 6) is 1.54. The molecule has 0 fully saturated rings. The molecule has 0 atom stereocenters. The quantitative estimate of drug-likeness (QED) is 0.473. The zero-order valence-corrected chi connectivity index (χ0v) is 16.8. The molecule has 0 saturated heterocycles. The molecule has 1 N–H and O–H groups in total. The summed E-state index contributed by atoms with van der Waals surface area (Å²) in [5, 5.41) is 17.7. The molecule has 1 aromatic heterocycles. The van der Waals surface area contributed by atoms with Crippen molar-refractivity contribution in [1.29, 1.82) is 0 Å². The zero-order valence-electron chi connectivity index (χ0n) is 16.8. The van der Waals surface area contributed by atoms with Crippen LogP contribution >= 0.6 is 0 Å². The molecule has 6 heteroatoms. The van der Waals surface area contributed by atoms with Gasteiger partial charge in [0.1, 0.15) is 12.4 Å². The largest absolute Gasteiger partial charge is 0.489 e. The average molecular weight is 387 g/mol. The van der Waals surface area contributed by atoms with E-state index >= 15 is 0 Å². The number of fused-ring (bicyclic) bond motifs is 1. The fourth-order valence-electron chi connectivity index (χ4n) is 3.46. The molecule has 0 amide bonds. The molecule has 0 aliphatic heterocycles. The van der Waals surface area contributed by atoms with E-state index in [1.54, 1.807) is 4.68 Å². The highest BCUT2D eigenvalue weighted by molar-refractivity contribution is 5.88. The third-order valence-corrected chi connectivity index (χ3v) is 4.87. The predicted octanol–water partition coefficient (Wildman–Crippen LogP) is 4.74. The molecular weight excluding hydrogens is 362 g/mol. The van der Waals surface area contributed by atoms with Gasteiger partial charge in [-0.1, -0.05) is 72.2 Å². The van der Waals surface area contributed by atoms with Crippen LogP contribution in [0.2, 0.25) is 0 Å². The summed E-state index contributed by atoms with van der Waals surface area (Å²) in [7, 11) is 0. The fourth-order valence-corrected chi connectivity index (χ4v) is 3.46. The summed E-state index contributed by atoms with van der Waals surface area (Å²) in [4.78, 5) is 0. The molecule has 0 spiro atoms. The predicted molar refractivity (Wildman–Crippen MR) is 115 cm³/mol. The second-order valence-corrected chi connectivity index (χ2v) is 7.12. The Balaban J connectivity index is 1.61. The van der Waals surface area contributed by atoms with E-state index in [9.17, 15) is 0 Å². The second-order valence-electron chi connectivity index (χ2n) is 7.12. The van der Waals surface area contributed by atoms with E-state index < -0.39 is 0 Å². The van der Waals surface area contributed by atoms with Gasteiger partial charge in [0.2, 0.25) is 5.95 Å². The van der Waals surface area contributed by atoms with Crippen molar-refractivity contribution in [1.82, 2.24) is 20.2 Å². The third kappa shape index (κ3) is 4.37. The number of aromatic nitrogens is 4. The Bertz CT molecular complexity index is 1110. The minimum atomic E-state index is 0.528. The number of ether oxygens (including phenoxy) is 1. The van der Waals surface area contributed by atoms with Gasteiger partial charge < -0.3 is 10.1 Å². The van der Waals surface area contributed by atoms with Crippen molar-refractivity contribution in [3.05, 3.63) is 77.4 Å². The summed E-state index contributed by atoms with van der Waals surface area (Å²) < 4.78 is 8.03. The van der Waals surface area contributed by atoms with Crippen LogP contribution < -0.4 is 10.1 Å². The van der Waals surface area contributed by atoms with Gasteiger partial charge >= 0.3 is 0 Å². The zero-order chi connectivity index (χ0) is 20.1. The first-order chi connectivity index (χ1) is 14.2. The molecule has 148 valence electrons. The lowest BCUT2D eigenvalue weighted by atomic mass is 10.0. The van der Waals surface area contributed by atoms with Crippen LogP contribution in [-0.4, -0.2) is 20.2 Å². The molecule has 3 aromatic carbocycles. The summed E-state index contributed by atoms with van der Waals surface area (Å²) in [6, 6.07) is 20.9. The average Bonchev–Trinajstić information content (AvgIpc) is 3.18. The molecule has 0 radical (unpaired) electrons. The van der Waals surface area contributed by atoms with E-state index in [4.69, 9.17) is 4.74 Å². The number of aryl methyl sites for hydroxylation is 2. The van der Waals surface area contributed by atoms with E-state index in [1.165, 1.54) is 10.9 Å². The van der Waals surface area contributed by atoms with Gasteiger partial charge in [-0.05, 0) is 46.2 Å². The van der Waals surface area contributed by atoms with E-state index in [2.05, 4.69) is 89.3 Å². The molecule has 6 nitrogen and oxygen atoms in total. The monoisotopic (exact) mass is 387 g/mol. The molecule has 1 heterocycles. The Hall–Kier alpha value is -3.41. The van der Waals surface area contributed by atoms with Crippen LogP contribution in [0.5, 0.6) is 5.75 Å². The van der Waals surface area contributed by atoms with E-state index in [0.29, 0.717) is 19.1 Å². The summed E-state index contributed by atoms with van der Waals surface area (Å²) in [6.07, 6.45) is 0.971. The molecule has 4 aromatic rings. The Labute approximate surface area is 170 Å². The number of tetrazole rings is 1. The van der Waals surface area contributed by atoms with Gasteiger partial charge in [-0.3, -0.25) is 0 Å². The van der Waals surface area contributed by atoms with Crippen molar-refractivity contribution in [2.75, 3.05) is 5.32 Å². The highest BCUT2D eigenvalue weighted by Crippen LogP contribution is 2.29. The van der Waals surface area contributed by atoms with Crippen LogP contribution in [0.4, 0.5) is 5.95 Å². The highest BCUT2D eigenvalue weighted by atomic mass is 16.5. The van der Waals surface area contributed by atoms with Crippen molar-refractivity contribution in [3.8, 4) is 5.75 Å². The van der Waals surface area contributed by atoms with Crippen molar-refractivity contribution < 1.29 is 4.74 Å². The Morgan fingerprint density at radius 1 is 1.03 bits per heavy atom. The minimum absolute atomic E-state index is 0.528. The van der Waals surface area contributed by atoms with Crippen LogP contribution in [0, 0.1) is 6.92 Å². The number of anilines is 1.